The number of aliphatic hydroxyl groups is 1. The number of hydrogen-bond donors (Lipinski definition) is 2. The predicted octanol–water partition coefficient (Wildman–Crippen LogP) is 1.90. The van der Waals surface area contributed by atoms with Crippen molar-refractivity contribution in [3.63, 3.8) is 0 Å². The first-order valence-electron chi connectivity index (χ1n) is 5.96. The zero-order chi connectivity index (χ0) is 13.7. The summed E-state index contributed by atoms with van der Waals surface area (Å²) in [4.78, 5) is 12.8. The van der Waals surface area contributed by atoms with Crippen LogP contribution in [0.3, 0.4) is 0 Å². The Hall–Kier alpha value is -0.270. The number of hydrogen-bond acceptors (Lipinski definition) is 5. The monoisotopic (exact) mass is 321 g/mol. The van der Waals surface area contributed by atoms with Crippen molar-refractivity contribution < 1.29 is 14.6 Å². The van der Waals surface area contributed by atoms with Gasteiger partial charge in [0.25, 0.3) is 0 Å². The number of nitrogens with one attached hydrogen (secondary N) is 1. The number of rotatable bonds is 6. The van der Waals surface area contributed by atoms with E-state index in [-0.39, 0.29) is 12.5 Å². The third kappa shape index (κ3) is 4.96. The maximum absolute atomic E-state index is 11.6. The van der Waals surface area contributed by atoms with Gasteiger partial charge < -0.3 is 15.2 Å². The standard InChI is InChI=1S/C12H16ClNO3S2/c13-10-2-1-9(19-10)5-18-6-11(15)14-7-12(16)3-4-17-8-12/h1-2,16H,3-8H2,(H,14,15). The van der Waals surface area contributed by atoms with Crippen LogP contribution < -0.4 is 5.32 Å². The zero-order valence-electron chi connectivity index (χ0n) is 10.4. The Labute approximate surface area is 125 Å². The topological polar surface area (TPSA) is 58.6 Å². The molecule has 0 radical (unpaired) electrons. The highest BCUT2D eigenvalue weighted by atomic mass is 35.5. The summed E-state index contributed by atoms with van der Waals surface area (Å²) in [6, 6.07) is 3.83. The molecular formula is C12H16ClNO3S2. The van der Waals surface area contributed by atoms with Gasteiger partial charge in [-0.15, -0.1) is 23.1 Å². The Morgan fingerprint density at radius 2 is 2.47 bits per heavy atom. The van der Waals surface area contributed by atoms with Crippen LogP contribution >= 0.6 is 34.7 Å². The molecule has 1 unspecified atom stereocenters. The molecule has 0 aromatic carbocycles. The summed E-state index contributed by atoms with van der Waals surface area (Å²) in [6.07, 6.45) is 0.577. The number of amides is 1. The molecule has 1 atom stereocenters. The minimum Gasteiger partial charge on any atom is -0.386 e. The molecule has 0 bridgehead atoms. The van der Waals surface area contributed by atoms with Crippen molar-refractivity contribution in [2.75, 3.05) is 25.5 Å². The van der Waals surface area contributed by atoms with Gasteiger partial charge in [-0.05, 0) is 12.1 Å². The molecule has 2 heterocycles. The van der Waals surface area contributed by atoms with E-state index in [0.29, 0.717) is 25.4 Å². The van der Waals surface area contributed by atoms with E-state index < -0.39 is 5.60 Å². The van der Waals surface area contributed by atoms with Crippen LogP contribution in [0.5, 0.6) is 0 Å². The van der Waals surface area contributed by atoms with Gasteiger partial charge in [0.15, 0.2) is 0 Å². The van der Waals surface area contributed by atoms with Crippen LogP contribution in [-0.4, -0.2) is 42.1 Å². The van der Waals surface area contributed by atoms with Crippen LogP contribution in [0.1, 0.15) is 11.3 Å². The number of thiophene rings is 1. The summed E-state index contributed by atoms with van der Waals surface area (Å²) in [6.45, 7) is 1.12. The normalized spacial score (nSPS) is 22.6. The summed E-state index contributed by atoms with van der Waals surface area (Å²) in [7, 11) is 0. The molecule has 106 valence electrons. The lowest BCUT2D eigenvalue weighted by atomic mass is 10.0. The molecule has 4 nitrogen and oxygen atoms in total. The van der Waals surface area contributed by atoms with Gasteiger partial charge >= 0.3 is 0 Å². The van der Waals surface area contributed by atoms with E-state index >= 15 is 0 Å². The molecule has 7 heteroatoms. The first kappa shape index (κ1) is 15.1. The van der Waals surface area contributed by atoms with E-state index in [1.807, 2.05) is 12.1 Å². The van der Waals surface area contributed by atoms with Gasteiger partial charge in [0.2, 0.25) is 5.91 Å². The largest absolute Gasteiger partial charge is 0.386 e. The van der Waals surface area contributed by atoms with E-state index in [2.05, 4.69) is 5.32 Å². The van der Waals surface area contributed by atoms with Gasteiger partial charge in [-0.1, -0.05) is 11.6 Å². The molecule has 1 saturated heterocycles. The Kier molecular flexibility index (Phi) is 5.53. The fourth-order valence-corrected chi connectivity index (χ4v) is 3.78. The van der Waals surface area contributed by atoms with Crippen molar-refractivity contribution in [2.45, 2.75) is 17.8 Å². The van der Waals surface area contributed by atoms with Crippen molar-refractivity contribution in [2.24, 2.45) is 0 Å². The second-order valence-electron chi connectivity index (χ2n) is 4.50. The minimum absolute atomic E-state index is 0.0621. The number of carbonyl (C=O) groups is 1. The zero-order valence-corrected chi connectivity index (χ0v) is 12.7. The molecule has 1 aromatic rings. The second-order valence-corrected chi connectivity index (χ2v) is 7.29. The maximum atomic E-state index is 11.6. The Bertz CT molecular complexity index is 432. The van der Waals surface area contributed by atoms with Crippen molar-refractivity contribution in [3.8, 4) is 0 Å². The van der Waals surface area contributed by atoms with Gasteiger partial charge in [0.1, 0.15) is 5.60 Å². The molecule has 0 aliphatic carbocycles. The molecule has 1 aliphatic rings. The Morgan fingerprint density at radius 3 is 3.11 bits per heavy atom. The fraction of sp³-hybridized carbons (Fsp3) is 0.583. The van der Waals surface area contributed by atoms with Gasteiger partial charge in [0, 0.05) is 30.2 Å². The first-order valence-corrected chi connectivity index (χ1v) is 8.31. The van der Waals surface area contributed by atoms with E-state index in [4.69, 9.17) is 16.3 Å². The molecular weight excluding hydrogens is 306 g/mol. The molecule has 1 amide bonds. The molecule has 0 saturated carbocycles. The Balaban J connectivity index is 1.62. The fourth-order valence-electron chi connectivity index (χ4n) is 1.72. The van der Waals surface area contributed by atoms with Crippen molar-refractivity contribution in [1.82, 2.24) is 5.32 Å². The average molecular weight is 322 g/mol. The van der Waals surface area contributed by atoms with Gasteiger partial charge in [-0.2, -0.15) is 0 Å². The van der Waals surface area contributed by atoms with Crippen LogP contribution in [0.4, 0.5) is 0 Å². The van der Waals surface area contributed by atoms with Crippen LogP contribution in [0, 0.1) is 0 Å². The molecule has 1 aromatic heterocycles. The number of carbonyl (C=O) groups excluding carboxylic acids is 1. The summed E-state index contributed by atoms with van der Waals surface area (Å²) in [5, 5.41) is 12.7. The number of halogens is 1. The summed E-state index contributed by atoms with van der Waals surface area (Å²) >= 11 is 8.89. The lowest BCUT2D eigenvalue weighted by molar-refractivity contribution is -0.119. The molecule has 2 N–H and O–H groups in total. The van der Waals surface area contributed by atoms with Crippen LogP contribution in [0.25, 0.3) is 0 Å². The quantitative estimate of drug-likeness (QED) is 0.840. The highest BCUT2D eigenvalue weighted by Gasteiger charge is 2.32. The lowest BCUT2D eigenvalue weighted by Crippen LogP contribution is -2.43. The van der Waals surface area contributed by atoms with E-state index in [1.165, 1.54) is 23.1 Å². The average Bonchev–Trinajstić information content (AvgIpc) is 2.97. The van der Waals surface area contributed by atoms with Crippen molar-refractivity contribution in [1.29, 1.82) is 0 Å². The van der Waals surface area contributed by atoms with Gasteiger partial charge in [0.05, 0.1) is 16.7 Å². The summed E-state index contributed by atoms with van der Waals surface area (Å²) in [5.74, 6) is 1.10. The maximum Gasteiger partial charge on any atom is 0.230 e. The first-order chi connectivity index (χ1) is 9.07. The number of thioether (sulfide) groups is 1. The third-order valence-electron chi connectivity index (χ3n) is 2.80. The van der Waals surface area contributed by atoms with E-state index in [0.717, 1.165) is 15.0 Å². The van der Waals surface area contributed by atoms with Crippen LogP contribution in [0.2, 0.25) is 4.34 Å². The molecule has 1 fully saturated rings. The summed E-state index contributed by atoms with van der Waals surface area (Å²) in [5.41, 5.74) is -0.887. The Morgan fingerprint density at radius 1 is 1.63 bits per heavy atom. The van der Waals surface area contributed by atoms with Gasteiger partial charge in [-0.3, -0.25) is 4.79 Å². The molecule has 2 rings (SSSR count). The molecule has 0 spiro atoms. The second kappa shape index (κ2) is 6.95. The minimum atomic E-state index is -0.887. The van der Waals surface area contributed by atoms with Crippen molar-refractivity contribution in [3.05, 3.63) is 21.3 Å². The van der Waals surface area contributed by atoms with E-state index in [1.54, 1.807) is 0 Å². The lowest BCUT2D eigenvalue weighted by Gasteiger charge is -2.20. The summed E-state index contributed by atoms with van der Waals surface area (Å²) < 4.78 is 5.88. The van der Waals surface area contributed by atoms with E-state index in [9.17, 15) is 9.90 Å². The van der Waals surface area contributed by atoms with Crippen molar-refractivity contribution >= 4 is 40.6 Å². The van der Waals surface area contributed by atoms with Gasteiger partial charge in [-0.25, -0.2) is 0 Å². The predicted molar refractivity (Wildman–Crippen MR) is 78.9 cm³/mol. The SMILES string of the molecule is O=C(CSCc1ccc(Cl)s1)NCC1(O)CCOC1. The highest BCUT2D eigenvalue weighted by Crippen LogP contribution is 2.25. The third-order valence-corrected chi connectivity index (χ3v) is 5.20. The smallest absolute Gasteiger partial charge is 0.230 e. The molecule has 19 heavy (non-hydrogen) atoms. The number of ether oxygens (including phenoxy) is 1. The van der Waals surface area contributed by atoms with Crippen LogP contribution in [-0.2, 0) is 15.3 Å². The highest BCUT2D eigenvalue weighted by molar-refractivity contribution is 7.99. The molecule has 1 aliphatic heterocycles. The van der Waals surface area contributed by atoms with Crippen LogP contribution in [0.15, 0.2) is 12.1 Å².